The Morgan fingerprint density at radius 1 is 1.29 bits per heavy atom. The van der Waals surface area contributed by atoms with Gasteiger partial charge in [-0.2, -0.15) is 0 Å². The predicted molar refractivity (Wildman–Crippen MR) is 58.6 cm³/mol. The van der Waals surface area contributed by atoms with Gasteiger partial charge in [-0.25, -0.2) is 4.79 Å². The molecule has 0 saturated heterocycles. The first-order chi connectivity index (χ1) is 8.09. The molecule has 0 aromatic heterocycles. The molecule has 1 rings (SSSR count). The zero-order valence-corrected chi connectivity index (χ0v) is 9.00. The first-order valence-electron chi connectivity index (χ1n) is 4.95. The Morgan fingerprint density at radius 2 is 1.94 bits per heavy atom. The van der Waals surface area contributed by atoms with Gasteiger partial charge < -0.3 is 20.3 Å². The lowest BCUT2D eigenvalue weighted by Crippen LogP contribution is -2.38. The molecule has 1 aromatic carbocycles. The van der Waals surface area contributed by atoms with Crippen molar-refractivity contribution in [1.29, 1.82) is 0 Å². The van der Waals surface area contributed by atoms with E-state index in [9.17, 15) is 9.59 Å². The van der Waals surface area contributed by atoms with E-state index in [4.69, 9.17) is 14.9 Å². The molecule has 0 spiro atoms. The summed E-state index contributed by atoms with van der Waals surface area (Å²) in [4.78, 5) is 21.5. The largest absolute Gasteiger partial charge is 0.484 e. The van der Waals surface area contributed by atoms with E-state index in [1.54, 1.807) is 24.3 Å². The summed E-state index contributed by atoms with van der Waals surface area (Å²) in [5.41, 5.74) is 0. The van der Waals surface area contributed by atoms with Gasteiger partial charge in [0, 0.05) is 0 Å². The van der Waals surface area contributed by atoms with E-state index in [0.717, 1.165) is 0 Å². The minimum absolute atomic E-state index is 0.226. The zero-order chi connectivity index (χ0) is 12.7. The summed E-state index contributed by atoms with van der Waals surface area (Å²) in [6.45, 7) is -0.567. The highest BCUT2D eigenvalue weighted by molar-refractivity contribution is 5.79. The number of aliphatic hydroxyl groups is 1. The van der Waals surface area contributed by atoms with E-state index in [1.807, 2.05) is 6.07 Å². The normalized spacial score (nSPS) is 11.6. The van der Waals surface area contributed by atoms with E-state index in [0.29, 0.717) is 5.75 Å². The van der Waals surface area contributed by atoms with Crippen LogP contribution in [0.2, 0.25) is 0 Å². The smallest absolute Gasteiger partial charge is 0.334 e. The fourth-order valence-corrected chi connectivity index (χ4v) is 1.01. The topological polar surface area (TPSA) is 95.9 Å². The summed E-state index contributed by atoms with van der Waals surface area (Å²) >= 11 is 0. The third-order valence-corrected chi connectivity index (χ3v) is 1.89. The zero-order valence-electron chi connectivity index (χ0n) is 9.00. The molecule has 0 aliphatic rings. The van der Waals surface area contributed by atoms with E-state index in [2.05, 4.69) is 5.32 Å². The van der Waals surface area contributed by atoms with Crippen molar-refractivity contribution in [3.8, 4) is 5.75 Å². The number of aliphatic carboxylic acids is 1. The second-order valence-corrected chi connectivity index (χ2v) is 3.26. The van der Waals surface area contributed by atoms with Gasteiger partial charge in [0.1, 0.15) is 5.75 Å². The molecule has 92 valence electrons. The van der Waals surface area contributed by atoms with Crippen LogP contribution in [0.5, 0.6) is 5.75 Å². The van der Waals surface area contributed by atoms with Crippen LogP contribution in [0.4, 0.5) is 0 Å². The van der Waals surface area contributed by atoms with Gasteiger partial charge in [0.2, 0.25) is 0 Å². The second-order valence-electron chi connectivity index (χ2n) is 3.26. The quantitative estimate of drug-likeness (QED) is 0.629. The van der Waals surface area contributed by atoms with Gasteiger partial charge in [-0.05, 0) is 12.1 Å². The fourth-order valence-electron chi connectivity index (χ4n) is 1.01. The minimum Gasteiger partial charge on any atom is -0.484 e. The monoisotopic (exact) mass is 239 g/mol. The first-order valence-corrected chi connectivity index (χ1v) is 4.95. The standard InChI is InChI=1S/C11H13NO5/c13-9(11(15)16)6-12-10(14)7-17-8-4-2-1-3-5-8/h1-5,9,13H,6-7H2,(H,12,14)(H,15,16). The lowest BCUT2D eigenvalue weighted by molar-refractivity contribution is -0.146. The molecule has 1 aromatic rings. The van der Waals surface area contributed by atoms with E-state index < -0.39 is 18.0 Å². The molecular weight excluding hydrogens is 226 g/mol. The van der Waals surface area contributed by atoms with Gasteiger partial charge in [-0.3, -0.25) is 4.79 Å². The van der Waals surface area contributed by atoms with Crippen LogP contribution in [0.25, 0.3) is 0 Å². The summed E-state index contributed by atoms with van der Waals surface area (Å²) in [6.07, 6.45) is -1.60. The molecule has 0 aliphatic heterocycles. The number of hydrogen-bond donors (Lipinski definition) is 3. The van der Waals surface area contributed by atoms with Crippen molar-refractivity contribution in [3.05, 3.63) is 30.3 Å². The number of aliphatic hydroxyl groups excluding tert-OH is 1. The molecule has 1 unspecified atom stereocenters. The molecule has 1 amide bonds. The lowest BCUT2D eigenvalue weighted by atomic mass is 10.3. The third-order valence-electron chi connectivity index (χ3n) is 1.89. The van der Waals surface area contributed by atoms with Gasteiger partial charge in [-0.1, -0.05) is 18.2 Å². The highest BCUT2D eigenvalue weighted by atomic mass is 16.5. The number of benzene rings is 1. The minimum atomic E-state index is -1.60. The third kappa shape index (κ3) is 4.98. The number of carboxylic acids is 1. The van der Waals surface area contributed by atoms with Gasteiger partial charge >= 0.3 is 5.97 Å². The van der Waals surface area contributed by atoms with Crippen molar-refractivity contribution in [2.75, 3.05) is 13.2 Å². The van der Waals surface area contributed by atoms with Gasteiger partial charge in [-0.15, -0.1) is 0 Å². The van der Waals surface area contributed by atoms with Crippen molar-refractivity contribution >= 4 is 11.9 Å². The van der Waals surface area contributed by atoms with Crippen molar-refractivity contribution in [3.63, 3.8) is 0 Å². The van der Waals surface area contributed by atoms with Crippen LogP contribution in [-0.2, 0) is 9.59 Å². The number of carbonyl (C=O) groups is 2. The molecule has 0 aliphatic carbocycles. The van der Waals surface area contributed by atoms with Crippen LogP contribution in [-0.4, -0.2) is 41.3 Å². The molecule has 17 heavy (non-hydrogen) atoms. The highest BCUT2D eigenvalue weighted by Gasteiger charge is 2.14. The molecule has 0 saturated carbocycles. The fraction of sp³-hybridized carbons (Fsp3) is 0.273. The van der Waals surface area contributed by atoms with Crippen LogP contribution in [0.15, 0.2) is 30.3 Å². The van der Waals surface area contributed by atoms with E-state index in [1.165, 1.54) is 0 Å². The Kier molecular flexibility index (Phi) is 4.96. The number of para-hydroxylation sites is 1. The molecule has 0 fully saturated rings. The number of amides is 1. The SMILES string of the molecule is O=C(COc1ccccc1)NCC(O)C(=O)O. The summed E-state index contributed by atoms with van der Waals surface area (Å²) in [5.74, 6) is -1.33. The maximum absolute atomic E-state index is 11.2. The molecule has 3 N–H and O–H groups in total. The average molecular weight is 239 g/mol. The van der Waals surface area contributed by atoms with Crippen molar-refractivity contribution in [2.45, 2.75) is 6.10 Å². The van der Waals surface area contributed by atoms with E-state index in [-0.39, 0.29) is 13.2 Å². The second kappa shape index (κ2) is 6.49. The summed E-state index contributed by atoms with van der Waals surface area (Å²) in [6, 6.07) is 8.73. The summed E-state index contributed by atoms with van der Waals surface area (Å²) in [5, 5.41) is 19.5. The number of carbonyl (C=O) groups excluding carboxylic acids is 1. The first kappa shape index (κ1) is 13.0. The average Bonchev–Trinajstić information content (AvgIpc) is 2.34. The van der Waals surface area contributed by atoms with Crippen molar-refractivity contribution in [2.24, 2.45) is 0 Å². The molecule has 0 bridgehead atoms. The molecule has 6 nitrogen and oxygen atoms in total. The van der Waals surface area contributed by atoms with Crippen molar-refractivity contribution in [1.82, 2.24) is 5.32 Å². The lowest BCUT2D eigenvalue weighted by Gasteiger charge is -2.08. The van der Waals surface area contributed by atoms with Gasteiger partial charge in [0.25, 0.3) is 5.91 Å². The van der Waals surface area contributed by atoms with Crippen molar-refractivity contribution < 1.29 is 24.5 Å². The Morgan fingerprint density at radius 3 is 2.53 bits per heavy atom. The number of rotatable bonds is 6. The number of hydrogen-bond acceptors (Lipinski definition) is 4. The van der Waals surface area contributed by atoms with Crippen LogP contribution in [0.1, 0.15) is 0 Å². The Hall–Kier alpha value is -2.08. The van der Waals surface area contributed by atoms with Crippen LogP contribution in [0.3, 0.4) is 0 Å². The van der Waals surface area contributed by atoms with Crippen LogP contribution >= 0.6 is 0 Å². The summed E-state index contributed by atoms with van der Waals surface area (Å²) < 4.78 is 5.12. The Labute approximate surface area is 97.8 Å². The molecule has 0 radical (unpaired) electrons. The molecular formula is C11H13NO5. The maximum atomic E-state index is 11.2. The van der Waals surface area contributed by atoms with Gasteiger partial charge in [0.15, 0.2) is 12.7 Å². The van der Waals surface area contributed by atoms with Crippen LogP contribution in [0, 0.1) is 0 Å². The van der Waals surface area contributed by atoms with Gasteiger partial charge in [0.05, 0.1) is 6.54 Å². The number of carboxylic acid groups (broad SMARTS) is 1. The number of ether oxygens (including phenoxy) is 1. The highest BCUT2D eigenvalue weighted by Crippen LogP contribution is 2.07. The Balaban J connectivity index is 2.24. The summed E-state index contributed by atoms with van der Waals surface area (Å²) in [7, 11) is 0. The van der Waals surface area contributed by atoms with Crippen LogP contribution < -0.4 is 10.1 Å². The predicted octanol–water partition coefficient (Wildman–Crippen LogP) is -0.373. The molecule has 1 atom stereocenters. The maximum Gasteiger partial charge on any atom is 0.334 e. The number of nitrogens with one attached hydrogen (secondary N) is 1. The Bertz CT molecular complexity index is 379. The molecule has 0 heterocycles. The van der Waals surface area contributed by atoms with E-state index >= 15 is 0 Å². The molecule has 6 heteroatoms.